The summed E-state index contributed by atoms with van der Waals surface area (Å²) in [4.78, 5) is 0. The molecule has 2 aromatic carbocycles. The van der Waals surface area contributed by atoms with Crippen LogP contribution < -0.4 is 5.32 Å². The molecule has 1 atom stereocenters. The highest BCUT2D eigenvalue weighted by molar-refractivity contribution is 5.85. The van der Waals surface area contributed by atoms with Gasteiger partial charge in [-0.2, -0.15) is 0 Å². The molecular formula is C20H27N. The van der Waals surface area contributed by atoms with Crippen LogP contribution in [0.5, 0.6) is 0 Å². The number of hydrogen-bond acceptors (Lipinski definition) is 1. The van der Waals surface area contributed by atoms with E-state index >= 15 is 0 Å². The first kappa shape index (κ1) is 14.6. The van der Waals surface area contributed by atoms with Gasteiger partial charge in [0.25, 0.3) is 0 Å². The molecule has 1 nitrogen and oxygen atoms in total. The van der Waals surface area contributed by atoms with Crippen LogP contribution in [0.3, 0.4) is 0 Å². The summed E-state index contributed by atoms with van der Waals surface area (Å²) in [6.45, 7) is 3.36. The van der Waals surface area contributed by atoms with Crippen LogP contribution in [0.2, 0.25) is 0 Å². The Kier molecular flexibility index (Phi) is 4.92. The fraction of sp³-hybridized carbons (Fsp3) is 0.500. The molecule has 1 fully saturated rings. The van der Waals surface area contributed by atoms with Crippen molar-refractivity contribution in [3.63, 3.8) is 0 Å². The van der Waals surface area contributed by atoms with Crippen LogP contribution in [0.1, 0.15) is 51.0 Å². The van der Waals surface area contributed by atoms with Crippen LogP contribution in [0.15, 0.2) is 42.5 Å². The Morgan fingerprint density at radius 2 is 1.67 bits per heavy atom. The van der Waals surface area contributed by atoms with Gasteiger partial charge in [0, 0.05) is 12.6 Å². The van der Waals surface area contributed by atoms with E-state index < -0.39 is 0 Å². The van der Waals surface area contributed by atoms with Gasteiger partial charge in [-0.25, -0.2) is 0 Å². The van der Waals surface area contributed by atoms with Crippen molar-refractivity contribution >= 4 is 10.8 Å². The lowest BCUT2D eigenvalue weighted by Crippen LogP contribution is -2.33. The first-order chi connectivity index (χ1) is 10.3. The molecule has 1 heteroatoms. The summed E-state index contributed by atoms with van der Waals surface area (Å²) >= 11 is 0. The van der Waals surface area contributed by atoms with Gasteiger partial charge in [-0.05, 0) is 42.0 Å². The zero-order valence-electron chi connectivity index (χ0n) is 13.1. The van der Waals surface area contributed by atoms with Gasteiger partial charge >= 0.3 is 0 Å². The number of benzene rings is 2. The number of nitrogens with one attached hydrogen (secondary N) is 1. The van der Waals surface area contributed by atoms with Crippen LogP contribution in [0.4, 0.5) is 0 Å². The van der Waals surface area contributed by atoms with E-state index in [1.165, 1.54) is 54.9 Å². The molecule has 21 heavy (non-hydrogen) atoms. The average molecular weight is 281 g/mol. The minimum Gasteiger partial charge on any atom is -0.310 e. The van der Waals surface area contributed by atoms with Crippen LogP contribution in [0.25, 0.3) is 10.8 Å². The van der Waals surface area contributed by atoms with Crippen molar-refractivity contribution in [2.45, 2.75) is 58.0 Å². The lowest BCUT2D eigenvalue weighted by atomic mass is 9.92. The highest BCUT2D eigenvalue weighted by atomic mass is 14.9. The van der Waals surface area contributed by atoms with Crippen molar-refractivity contribution in [3.05, 3.63) is 48.0 Å². The van der Waals surface area contributed by atoms with Crippen molar-refractivity contribution in [1.29, 1.82) is 0 Å². The molecule has 1 aliphatic rings. The molecular weight excluding hydrogens is 254 g/mol. The molecule has 0 unspecified atom stereocenters. The monoisotopic (exact) mass is 281 g/mol. The highest BCUT2D eigenvalue weighted by Gasteiger charge is 2.18. The second-order valence-corrected chi connectivity index (χ2v) is 6.56. The summed E-state index contributed by atoms with van der Waals surface area (Å²) in [7, 11) is 0. The second-order valence-electron chi connectivity index (χ2n) is 6.56. The maximum Gasteiger partial charge on any atom is 0.0214 e. The molecule has 0 aliphatic heterocycles. The molecule has 1 aliphatic carbocycles. The molecule has 1 N–H and O–H groups in total. The Balaban J connectivity index is 1.65. The first-order valence-corrected chi connectivity index (χ1v) is 8.54. The summed E-state index contributed by atoms with van der Waals surface area (Å²) in [5.41, 5.74) is 1.42. The van der Waals surface area contributed by atoms with Gasteiger partial charge in [-0.3, -0.25) is 0 Å². The van der Waals surface area contributed by atoms with E-state index in [1.54, 1.807) is 0 Å². The van der Waals surface area contributed by atoms with Gasteiger partial charge < -0.3 is 5.32 Å². The number of hydrogen-bond donors (Lipinski definition) is 1. The van der Waals surface area contributed by atoms with E-state index in [4.69, 9.17) is 0 Å². The summed E-state index contributed by atoms with van der Waals surface area (Å²) in [5.74, 6) is 0.863. The van der Waals surface area contributed by atoms with Crippen molar-refractivity contribution in [3.8, 4) is 0 Å². The van der Waals surface area contributed by atoms with Crippen LogP contribution in [0, 0.1) is 5.92 Å². The molecule has 2 aromatic rings. The lowest BCUT2D eigenvalue weighted by Gasteiger charge is -2.24. The van der Waals surface area contributed by atoms with E-state index in [0.29, 0.717) is 6.04 Å². The van der Waals surface area contributed by atoms with Crippen molar-refractivity contribution < 1.29 is 0 Å². The van der Waals surface area contributed by atoms with Crippen LogP contribution >= 0.6 is 0 Å². The minimum absolute atomic E-state index is 0.627. The molecule has 112 valence electrons. The highest BCUT2D eigenvalue weighted by Crippen LogP contribution is 2.26. The van der Waals surface area contributed by atoms with Crippen LogP contribution in [-0.2, 0) is 6.54 Å². The summed E-state index contributed by atoms with van der Waals surface area (Å²) < 4.78 is 0. The molecule has 0 saturated heterocycles. The van der Waals surface area contributed by atoms with E-state index in [0.717, 1.165) is 12.5 Å². The SMILES string of the molecule is C[C@H](NCc1cccc2ccccc12)C1CCCCCC1. The maximum absolute atomic E-state index is 3.79. The van der Waals surface area contributed by atoms with Crippen molar-refractivity contribution in [2.24, 2.45) is 5.92 Å². The Morgan fingerprint density at radius 1 is 0.952 bits per heavy atom. The average Bonchev–Trinajstić information content (AvgIpc) is 2.82. The third kappa shape index (κ3) is 3.65. The molecule has 0 aromatic heterocycles. The summed E-state index contributed by atoms with van der Waals surface area (Å²) in [6, 6.07) is 16.0. The van der Waals surface area contributed by atoms with E-state index in [1.807, 2.05) is 0 Å². The smallest absolute Gasteiger partial charge is 0.0214 e. The number of fused-ring (bicyclic) bond motifs is 1. The van der Waals surface area contributed by atoms with E-state index in [-0.39, 0.29) is 0 Å². The number of rotatable bonds is 4. The summed E-state index contributed by atoms with van der Waals surface area (Å²) in [6.07, 6.45) is 8.53. The Morgan fingerprint density at radius 3 is 2.48 bits per heavy atom. The summed E-state index contributed by atoms with van der Waals surface area (Å²) in [5, 5.41) is 6.52. The van der Waals surface area contributed by atoms with Crippen LogP contribution in [-0.4, -0.2) is 6.04 Å². The maximum atomic E-state index is 3.79. The molecule has 0 heterocycles. The predicted molar refractivity (Wildman–Crippen MR) is 91.4 cm³/mol. The van der Waals surface area contributed by atoms with Gasteiger partial charge in [0.1, 0.15) is 0 Å². The molecule has 0 amide bonds. The minimum atomic E-state index is 0.627. The molecule has 1 saturated carbocycles. The van der Waals surface area contributed by atoms with E-state index in [9.17, 15) is 0 Å². The Labute approximate surface area is 128 Å². The molecule has 3 rings (SSSR count). The Bertz CT molecular complexity index is 562. The van der Waals surface area contributed by atoms with E-state index in [2.05, 4.69) is 54.7 Å². The topological polar surface area (TPSA) is 12.0 Å². The van der Waals surface area contributed by atoms with Gasteiger partial charge in [0.05, 0.1) is 0 Å². The molecule has 0 radical (unpaired) electrons. The third-order valence-electron chi connectivity index (χ3n) is 5.10. The molecule has 0 spiro atoms. The predicted octanol–water partition coefficient (Wildman–Crippen LogP) is 5.29. The first-order valence-electron chi connectivity index (χ1n) is 8.54. The quantitative estimate of drug-likeness (QED) is 0.751. The third-order valence-corrected chi connectivity index (χ3v) is 5.10. The molecule has 0 bridgehead atoms. The normalized spacial score (nSPS) is 18.5. The fourth-order valence-electron chi connectivity index (χ4n) is 3.70. The van der Waals surface area contributed by atoms with Gasteiger partial charge in [0.15, 0.2) is 0 Å². The fourth-order valence-corrected chi connectivity index (χ4v) is 3.70. The van der Waals surface area contributed by atoms with Gasteiger partial charge in [-0.15, -0.1) is 0 Å². The van der Waals surface area contributed by atoms with Crippen molar-refractivity contribution in [2.75, 3.05) is 0 Å². The van der Waals surface area contributed by atoms with Gasteiger partial charge in [0.2, 0.25) is 0 Å². The van der Waals surface area contributed by atoms with Gasteiger partial charge in [-0.1, -0.05) is 68.1 Å². The Hall–Kier alpha value is -1.34. The largest absolute Gasteiger partial charge is 0.310 e. The second kappa shape index (κ2) is 7.09. The lowest BCUT2D eigenvalue weighted by molar-refractivity contribution is 0.337. The zero-order valence-corrected chi connectivity index (χ0v) is 13.1. The zero-order chi connectivity index (χ0) is 14.5. The standard InChI is InChI=1S/C20H27N/c1-16(17-9-4-2-3-5-10-17)21-15-19-13-8-12-18-11-6-7-14-20(18)19/h6-8,11-14,16-17,21H,2-5,9-10,15H2,1H3/t16-/m0/s1. The van der Waals surface area contributed by atoms with Crippen molar-refractivity contribution in [1.82, 2.24) is 5.32 Å².